The monoisotopic (exact) mass is 244 g/mol. The molecule has 0 bridgehead atoms. The molecular weight excluding hydrogens is 228 g/mol. The molecule has 0 aliphatic carbocycles. The number of carbonyl (C=O) groups is 1. The minimum absolute atomic E-state index is 0.219. The number of aromatic amines is 1. The summed E-state index contributed by atoms with van der Waals surface area (Å²) in [7, 11) is 0. The summed E-state index contributed by atoms with van der Waals surface area (Å²) < 4.78 is 0. The van der Waals surface area contributed by atoms with Gasteiger partial charge in [-0.15, -0.1) is 0 Å². The molecule has 1 unspecified atom stereocenters. The second-order valence-electron chi connectivity index (χ2n) is 4.33. The first-order valence-corrected chi connectivity index (χ1v) is 5.70. The van der Waals surface area contributed by atoms with E-state index >= 15 is 0 Å². The van der Waals surface area contributed by atoms with E-state index in [1.807, 2.05) is 30.3 Å². The van der Waals surface area contributed by atoms with Gasteiger partial charge in [-0.2, -0.15) is 0 Å². The van der Waals surface area contributed by atoms with Crippen LogP contribution in [0.5, 0.6) is 0 Å². The summed E-state index contributed by atoms with van der Waals surface area (Å²) in [6.07, 6.45) is 3.23. The number of rotatable bonds is 4. The van der Waals surface area contributed by atoms with Gasteiger partial charge in [0, 0.05) is 6.20 Å². The van der Waals surface area contributed by atoms with Gasteiger partial charge in [0.2, 0.25) is 5.91 Å². The SMILES string of the molecule is CC(N)(C(=O)NCc1cnc[nH]1)c1ccccc1. The van der Waals surface area contributed by atoms with E-state index in [1.54, 1.807) is 19.4 Å². The smallest absolute Gasteiger partial charge is 0.244 e. The Morgan fingerprint density at radius 3 is 2.78 bits per heavy atom. The van der Waals surface area contributed by atoms with E-state index in [0.717, 1.165) is 11.3 Å². The van der Waals surface area contributed by atoms with Crippen molar-refractivity contribution in [3.8, 4) is 0 Å². The van der Waals surface area contributed by atoms with Gasteiger partial charge < -0.3 is 16.0 Å². The number of hydrogen-bond acceptors (Lipinski definition) is 3. The first-order valence-electron chi connectivity index (χ1n) is 5.70. The highest BCUT2D eigenvalue weighted by atomic mass is 16.2. The van der Waals surface area contributed by atoms with E-state index in [0.29, 0.717) is 6.54 Å². The predicted octanol–water partition coefficient (Wildman–Crippen LogP) is 0.900. The molecule has 0 saturated heterocycles. The van der Waals surface area contributed by atoms with Crippen molar-refractivity contribution in [3.63, 3.8) is 0 Å². The van der Waals surface area contributed by atoms with Crippen LogP contribution in [0.2, 0.25) is 0 Å². The lowest BCUT2D eigenvalue weighted by atomic mass is 9.92. The quantitative estimate of drug-likeness (QED) is 0.747. The number of nitrogens with two attached hydrogens (primary N) is 1. The average molecular weight is 244 g/mol. The second-order valence-corrected chi connectivity index (χ2v) is 4.33. The third kappa shape index (κ3) is 2.57. The van der Waals surface area contributed by atoms with Crippen molar-refractivity contribution in [2.75, 3.05) is 0 Å². The van der Waals surface area contributed by atoms with Crippen molar-refractivity contribution in [1.29, 1.82) is 0 Å². The van der Waals surface area contributed by atoms with Crippen LogP contribution in [0.25, 0.3) is 0 Å². The summed E-state index contributed by atoms with van der Waals surface area (Å²) in [6, 6.07) is 9.30. The molecule has 18 heavy (non-hydrogen) atoms. The molecule has 0 aliphatic heterocycles. The molecule has 2 aromatic rings. The van der Waals surface area contributed by atoms with Crippen LogP contribution in [0.3, 0.4) is 0 Å². The van der Waals surface area contributed by atoms with Gasteiger partial charge in [-0.25, -0.2) is 4.98 Å². The Labute approximate surface area is 105 Å². The maximum absolute atomic E-state index is 12.1. The summed E-state index contributed by atoms with van der Waals surface area (Å²) in [5, 5.41) is 2.79. The van der Waals surface area contributed by atoms with Crippen molar-refractivity contribution in [1.82, 2.24) is 15.3 Å². The fourth-order valence-electron chi connectivity index (χ4n) is 1.66. The number of aromatic nitrogens is 2. The van der Waals surface area contributed by atoms with E-state index in [2.05, 4.69) is 15.3 Å². The normalized spacial score (nSPS) is 13.9. The fraction of sp³-hybridized carbons (Fsp3) is 0.231. The highest BCUT2D eigenvalue weighted by Crippen LogP contribution is 2.17. The van der Waals surface area contributed by atoms with Crippen molar-refractivity contribution in [2.24, 2.45) is 5.73 Å². The Hall–Kier alpha value is -2.14. The molecule has 0 aliphatic rings. The predicted molar refractivity (Wildman–Crippen MR) is 68.4 cm³/mol. The third-order valence-corrected chi connectivity index (χ3v) is 2.84. The minimum Gasteiger partial charge on any atom is -0.349 e. The summed E-state index contributed by atoms with van der Waals surface area (Å²) in [5.41, 5.74) is 6.67. The largest absolute Gasteiger partial charge is 0.349 e. The number of H-pyrrole nitrogens is 1. The van der Waals surface area contributed by atoms with Crippen LogP contribution in [0.1, 0.15) is 18.2 Å². The number of amides is 1. The van der Waals surface area contributed by atoms with Crippen molar-refractivity contribution in [3.05, 3.63) is 54.1 Å². The van der Waals surface area contributed by atoms with Gasteiger partial charge in [-0.3, -0.25) is 4.79 Å². The van der Waals surface area contributed by atoms with E-state index in [9.17, 15) is 4.79 Å². The van der Waals surface area contributed by atoms with Crippen molar-refractivity contribution < 1.29 is 4.79 Å². The Bertz CT molecular complexity index is 505. The minimum atomic E-state index is -1.04. The molecule has 94 valence electrons. The molecule has 5 heteroatoms. The third-order valence-electron chi connectivity index (χ3n) is 2.84. The van der Waals surface area contributed by atoms with Crippen LogP contribution in [-0.4, -0.2) is 15.9 Å². The van der Waals surface area contributed by atoms with Crippen molar-refractivity contribution >= 4 is 5.91 Å². The molecule has 1 heterocycles. The standard InChI is InChI=1S/C13H16N4O/c1-13(14,10-5-3-2-4-6-10)12(18)16-8-11-7-15-9-17-11/h2-7,9H,8,14H2,1H3,(H,15,17)(H,16,18). The molecule has 1 aromatic heterocycles. The van der Waals surface area contributed by atoms with E-state index in [1.165, 1.54) is 0 Å². The van der Waals surface area contributed by atoms with E-state index in [4.69, 9.17) is 5.73 Å². The van der Waals surface area contributed by atoms with E-state index < -0.39 is 5.54 Å². The molecule has 5 nitrogen and oxygen atoms in total. The summed E-state index contributed by atoms with van der Waals surface area (Å²) in [5.74, 6) is -0.219. The molecule has 0 fully saturated rings. The van der Waals surface area contributed by atoms with Crippen LogP contribution in [-0.2, 0) is 16.9 Å². The Morgan fingerprint density at radius 1 is 1.44 bits per heavy atom. The maximum atomic E-state index is 12.1. The zero-order valence-corrected chi connectivity index (χ0v) is 10.2. The molecule has 1 aromatic carbocycles. The Balaban J connectivity index is 2.04. The van der Waals surface area contributed by atoms with Gasteiger partial charge in [0.1, 0.15) is 5.54 Å². The molecular formula is C13H16N4O. The summed E-state index contributed by atoms with van der Waals surface area (Å²) in [6.45, 7) is 2.09. The zero-order chi connectivity index (χ0) is 13.0. The first kappa shape index (κ1) is 12.3. The number of benzene rings is 1. The number of imidazole rings is 1. The number of hydrogen-bond donors (Lipinski definition) is 3. The Kier molecular flexibility index (Phi) is 3.43. The lowest BCUT2D eigenvalue weighted by Gasteiger charge is -2.23. The van der Waals surface area contributed by atoms with Crippen LogP contribution in [0, 0.1) is 0 Å². The lowest BCUT2D eigenvalue weighted by molar-refractivity contribution is -0.126. The first-order chi connectivity index (χ1) is 8.60. The highest BCUT2D eigenvalue weighted by molar-refractivity contribution is 5.86. The molecule has 0 spiro atoms. The molecule has 1 atom stereocenters. The average Bonchev–Trinajstić information content (AvgIpc) is 2.90. The van der Waals surface area contributed by atoms with Gasteiger partial charge in [0.25, 0.3) is 0 Å². The topological polar surface area (TPSA) is 83.8 Å². The lowest BCUT2D eigenvalue weighted by Crippen LogP contribution is -2.48. The van der Waals surface area contributed by atoms with E-state index in [-0.39, 0.29) is 5.91 Å². The number of carbonyl (C=O) groups excluding carboxylic acids is 1. The Morgan fingerprint density at radius 2 is 2.17 bits per heavy atom. The summed E-state index contributed by atoms with van der Waals surface area (Å²) in [4.78, 5) is 18.9. The number of nitrogens with one attached hydrogen (secondary N) is 2. The molecule has 2 rings (SSSR count). The molecule has 4 N–H and O–H groups in total. The van der Waals surface area contributed by atoms with Gasteiger partial charge >= 0.3 is 0 Å². The van der Waals surface area contributed by atoms with Crippen LogP contribution < -0.4 is 11.1 Å². The fourth-order valence-corrected chi connectivity index (χ4v) is 1.66. The molecule has 1 amide bonds. The second kappa shape index (κ2) is 5.01. The number of nitrogens with zero attached hydrogens (tertiary/aromatic N) is 1. The van der Waals surface area contributed by atoms with Gasteiger partial charge in [-0.05, 0) is 12.5 Å². The van der Waals surface area contributed by atoms with Gasteiger partial charge in [-0.1, -0.05) is 30.3 Å². The van der Waals surface area contributed by atoms with Crippen LogP contribution in [0.4, 0.5) is 0 Å². The summed E-state index contributed by atoms with van der Waals surface area (Å²) >= 11 is 0. The molecule has 0 saturated carbocycles. The van der Waals surface area contributed by atoms with Crippen LogP contribution in [0.15, 0.2) is 42.9 Å². The van der Waals surface area contributed by atoms with Crippen LogP contribution >= 0.6 is 0 Å². The highest BCUT2D eigenvalue weighted by Gasteiger charge is 2.29. The zero-order valence-electron chi connectivity index (χ0n) is 10.2. The van der Waals surface area contributed by atoms with Crippen molar-refractivity contribution in [2.45, 2.75) is 19.0 Å². The van der Waals surface area contributed by atoms with Gasteiger partial charge in [0.15, 0.2) is 0 Å². The maximum Gasteiger partial charge on any atom is 0.244 e. The molecule has 0 radical (unpaired) electrons. The van der Waals surface area contributed by atoms with Gasteiger partial charge in [0.05, 0.1) is 18.6 Å².